The molecule has 1 aromatic rings. The average Bonchev–Trinajstić information content (AvgIpc) is 2.56. The molecule has 0 aliphatic carbocycles. The minimum Gasteiger partial charge on any atom is -0.416 e. The lowest BCUT2D eigenvalue weighted by Crippen LogP contribution is -2.41. The Morgan fingerprint density at radius 3 is 2.19 bits per heavy atom. The molecule has 1 aromatic carbocycles. The number of benzene rings is 1. The normalized spacial score (nSPS) is 20.3. The predicted molar refractivity (Wildman–Crippen MR) is 85.8 cm³/mol. The van der Waals surface area contributed by atoms with Crippen LogP contribution < -0.4 is 5.46 Å². The fourth-order valence-electron chi connectivity index (χ4n) is 2.06. The van der Waals surface area contributed by atoms with Gasteiger partial charge in [0.05, 0.1) is 17.8 Å². The molecule has 1 fully saturated rings. The van der Waals surface area contributed by atoms with E-state index >= 15 is 0 Å². The lowest BCUT2D eigenvalue weighted by Gasteiger charge is -2.32. The maximum Gasteiger partial charge on any atom is 0.494 e. The Kier molecular flexibility index (Phi) is 4.63. The molecule has 0 amide bonds. The van der Waals surface area contributed by atoms with Gasteiger partial charge in [-0.2, -0.15) is 0 Å². The molecule has 0 bridgehead atoms. The van der Waals surface area contributed by atoms with E-state index in [1.165, 1.54) is 6.07 Å². The van der Waals surface area contributed by atoms with Crippen molar-refractivity contribution in [2.24, 2.45) is 0 Å². The molecule has 0 saturated carbocycles. The van der Waals surface area contributed by atoms with Crippen LogP contribution in [0.2, 0.25) is 13.1 Å². The van der Waals surface area contributed by atoms with Crippen LogP contribution in [0.15, 0.2) is 18.2 Å². The van der Waals surface area contributed by atoms with Crippen LogP contribution in [0, 0.1) is 5.82 Å². The molecule has 0 unspecified atom stereocenters. The summed E-state index contributed by atoms with van der Waals surface area (Å²) < 4.78 is 31.6. The second kappa shape index (κ2) is 5.84. The van der Waals surface area contributed by atoms with Crippen LogP contribution in [0.25, 0.3) is 0 Å². The maximum absolute atomic E-state index is 14.2. The van der Waals surface area contributed by atoms with E-state index in [9.17, 15) is 4.39 Å². The average molecular weight is 310 g/mol. The molecule has 0 atom stereocenters. The van der Waals surface area contributed by atoms with Gasteiger partial charge in [0.15, 0.2) is 9.04 Å². The van der Waals surface area contributed by atoms with Crippen molar-refractivity contribution in [1.82, 2.24) is 0 Å². The van der Waals surface area contributed by atoms with E-state index in [4.69, 9.17) is 13.7 Å². The zero-order valence-electron chi connectivity index (χ0n) is 13.7. The second-order valence-corrected chi connectivity index (χ2v) is 9.23. The van der Waals surface area contributed by atoms with Gasteiger partial charge >= 0.3 is 7.12 Å². The predicted octanol–water partition coefficient (Wildman–Crippen LogP) is 2.62. The van der Waals surface area contributed by atoms with E-state index in [-0.39, 0.29) is 5.82 Å². The molecule has 1 saturated heterocycles. The minimum absolute atomic E-state index is 0.267. The van der Waals surface area contributed by atoms with E-state index in [2.05, 4.69) is 13.1 Å². The molecule has 21 heavy (non-hydrogen) atoms. The molecule has 3 nitrogen and oxygen atoms in total. The van der Waals surface area contributed by atoms with E-state index in [0.29, 0.717) is 17.6 Å². The first-order valence-corrected chi connectivity index (χ1v) is 10.2. The number of hydrogen-bond acceptors (Lipinski definition) is 3. The van der Waals surface area contributed by atoms with Gasteiger partial charge in [-0.3, -0.25) is 0 Å². The summed E-state index contributed by atoms with van der Waals surface area (Å²) in [5, 5.41) is 0. The summed E-state index contributed by atoms with van der Waals surface area (Å²) in [5.74, 6) is -0.267. The van der Waals surface area contributed by atoms with Gasteiger partial charge in [-0.25, -0.2) is 4.39 Å². The zero-order valence-corrected chi connectivity index (χ0v) is 14.9. The SMILES string of the molecule is C[SiH](C)OCc1ccc(B2OC(C)(C)C(C)(C)O2)cc1F. The molecule has 116 valence electrons. The van der Waals surface area contributed by atoms with Gasteiger partial charge in [-0.1, -0.05) is 12.1 Å². The van der Waals surface area contributed by atoms with Crippen molar-refractivity contribution >= 4 is 21.6 Å². The van der Waals surface area contributed by atoms with Crippen LogP contribution in [0.3, 0.4) is 0 Å². The molecule has 2 rings (SSSR count). The van der Waals surface area contributed by atoms with Gasteiger partial charge in [0.1, 0.15) is 5.82 Å². The van der Waals surface area contributed by atoms with Crippen LogP contribution in [0.5, 0.6) is 0 Å². The monoisotopic (exact) mass is 310 g/mol. The van der Waals surface area contributed by atoms with Crippen molar-refractivity contribution in [2.45, 2.75) is 58.6 Å². The lowest BCUT2D eigenvalue weighted by atomic mass is 9.79. The third-order valence-corrected chi connectivity index (χ3v) is 5.01. The van der Waals surface area contributed by atoms with Crippen LogP contribution >= 0.6 is 0 Å². The first-order chi connectivity index (χ1) is 9.62. The molecule has 0 N–H and O–H groups in total. The third kappa shape index (κ3) is 3.56. The standard InChI is InChI=1S/C15H24BFO3Si/c1-14(2)15(3,4)20-16(19-14)12-8-7-11(13(17)9-12)10-18-21(5)6/h7-9,21H,10H2,1-6H3. The molecular weight excluding hydrogens is 286 g/mol. The molecule has 0 spiro atoms. The van der Waals surface area contributed by atoms with Crippen LogP contribution in [-0.4, -0.2) is 27.4 Å². The Labute approximate surface area is 128 Å². The highest BCUT2D eigenvalue weighted by Crippen LogP contribution is 2.36. The topological polar surface area (TPSA) is 27.7 Å². The molecule has 1 aliphatic heterocycles. The van der Waals surface area contributed by atoms with Gasteiger partial charge in [-0.15, -0.1) is 0 Å². The van der Waals surface area contributed by atoms with Crippen molar-refractivity contribution in [1.29, 1.82) is 0 Å². The van der Waals surface area contributed by atoms with Gasteiger partial charge < -0.3 is 13.7 Å². The summed E-state index contributed by atoms with van der Waals surface area (Å²) in [5.41, 5.74) is 0.450. The van der Waals surface area contributed by atoms with Crippen LogP contribution in [-0.2, 0) is 20.3 Å². The van der Waals surface area contributed by atoms with E-state index in [1.807, 2.05) is 33.8 Å². The smallest absolute Gasteiger partial charge is 0.416 e. The fourth-order valence-corrected chi connectivity index (χ4v) is 2.58. The van der Waals surface area contributed by atoms with Gasteiger partial charge in [-0.05, 0) is 52.3 Å². The second-order valence-electron chi connectivity index (χ2n) is 6.80. The van der Waals surface area contributed by atoms with Crippen LogP contribution in [0.4, 0.5) is 4.39 Å². The number of rotatable bonds is 4. The summed E-state index contributed by atoms with van der Waals surface area (Å²) >= 11 is 0. The number of halogens is 1. The minimum atomic E-state index is -1.15. The van der Waals surface area contributed by atoms with Gasteiger partial charge in [0.2, 0.25) is 0 Å². The van der Waals surface area contributed by atoms with Gasteiger partial charge in [0, 0.05) is 5.56 Å². The fraction of sp³-hybridized carbons (Fsp3) is 0.600. The highest BCUT2D eigenvalue weighted by molar-refractivity contribution is 6.62. The molecule has 0 aromatic heterocycles. The van der Waals surface area contributed by atoms with Crippen molar-refractivity contribution in [3.8, 4) is 0 Å². The van der Waals surface area contributed by atoms with E-state index < -0.39 is 27.4 Å². The molecule has 0 radical (unpaired) electrons. The van der Waals surface area contributed by atoms with Crippen molar-refractivity contribution in [3.05, 3.63) is 29.6 Å². The molecule has 1 aliphatic rings. The van der Waals surface area contributed by atoms with E-state index in [1.54, 1.807) is 6.07 Å². The Balaban J connectivity index is 2.14. The number of hydrogen-bond donors (Lipinski definition) is 0. The maximum atomic E-state index is 14.2. The Morgan fingerprint density at radius 1 is 1.14 bits per heavy atom. The third-order valence-electron chi connectivity index (χ3n) is 4.17. The molecule has 1 heterocycles. The summed E-state index contributed by atoms with van der Waals surface area (Å²) in [4.78, 5) is 0. The van der Waals surface area contributed by atoms with E-state index in [0.717, 1.165) is 0 Å². The van der Waals surface area contributed by atoms with Crippen LogP contribution in [0.1, 0.15) is 33.3 Å². The molecule has 6 heteroatoms. The van der Waals surface area contributed by atoms with Crippen molar-refractivity contribution in [3.63, 3.8) is 0 Å². The van der Waals surface area contributed by atoms with Crippen molar-refractivity contribution < 1.29 is 18.1 Å². The first kappa shape index (κ1) is 16.7. The Morgan fingerprint density at radius 2 is 1.71 bits per heavy atom. The van der Waals surface area contributed by atoms with Gasteiger partial charge in [0.25, 0.3) is 0 Å². The van der Waals surface area contributed by atoms with Crippen molar-refractivity contribution in [2.75, 3.05) is 0 Å². The summed E-state index contributed by atoms with van der Waals surface area (Å²) in [6, 6.07) is 5.10. The lowest BCUT2D eigenvalue weighted by molar-refractivity contribution is 0.00578. The first-order valence-electron chi connectivity index (χ1n) is 7.38. The summed E-state index contributed by atoms with van der Waals surface area (Å²) in [6.45, 7) is 12.4. The summed E-state index contributed by atoms with van der Waals surface area (Å²) in [6.07, 6.45) is 0. The largest absolute Gasteiger partial charge is 0.494 e. The quantitative estimate of drug-likeness (QED) is 0.800. The highest BCUT2D eigenvalue weighted by Gasteiger charge is 2.51. The Bertz CT molecular complexity index is 504. The molecular formula is C15H24BFO3Si. The highest BCUT2D eigenvalue weighted by atomic mass is 28.3. The summed E-state index contributed by atoms with van der Waals surface area (Å²) in [7, 11) is -1.68. The Hall–Kier alpha value is -0.688. The zero-order chi connectivity index (χ0) is 15.8.